The van der Waals surface area contributed by atoms with E-state index >= 15 is 0 Å². The van der Waals surface area contributed by atoms with Crippen molar-refractivity contribution in [3.8, 4) is 0 Å². The van der Waals surface area contributed by atoms with Gasteiger partial charge in [0.15, 0.2) is 0 Å². The van der Waals surface area contributed by atoms with Gasteiger partial charge in [-0.25, -0.2) is 0 Å². The monoisotopic (exact) mass is 410 g/mol. The molecule has 1 nitrogen and oxygen atoms in total. The van der Waals surface area contributed by atoms with E-state index in [0.29, 0.717) is 0 Å². The molecule has 0 aliphatic heterocycles. The molecule has 0 atom stereocenters. The van der Waals surface area contributed by atoms with Crippen LogP contribution < -0.4 is 0 Å². The third-order valence-corrected chi connectivity index (χ3v) is 26.4. The molecule has 0 saturated carbocycles. The Morgan fingerprint density at radius 2 is 1.71 bits per heavy atom. The third kappa shape index (κ3) is 5.65. The maximum atomic E-state index is 5.44. The van der Waals surface area contributed by atoms with Gasteiger partial charge >= 0.3 is 96.0 Å². The summed E-state index contributed by atoms with van der Waals surface area (Å²) in [4.78, 5) is 0. The van der Waals surface area contributed by atoms with Crippen molar-refractivity contribution in [1.82, 2.24) is 0 Å². The summed E-state index contributed by atoms with van der Waals surface area (Å²) in [5, 5.41) is 0. The van der Waals surface area contributed by atoms with Crippen LogP contribution in [0.3, 0.4) is 0 Å². The number of hydrogen-bond acceptors (Lipinski definition) is 1. The second-order valence-electron chi connectivity index (χ2n) is 5.78. The van der Waals surface area contributed by atoms with Gasteiger partial charge in [-0.15, -0.1) is 0 Å². The summed E-state index contributed by atoms with van der Waals surface area (Å²) >= 11 is -1.98. The Labute approximate surface area is 95.6 Å². The third-order valence-electron chi connectivity index (χ3n) is 2.23. The Balaban J connectivity index is 4.66. The van der Waals surface area contributed by atoms with Gasteiger partial charge in [-0.1, -0.05) is 0 Å². The zero-order chi connectivity index (χ0) is 11.4. The van der Waals surface area contributed by atoms with Crippen LogP contribution in [0.1, 0.15) is 6.92 Å². The summed E-state index contributed by atoms with van der Waals surface area (Å²) < 4.78 is 14.8. The molecule has 0 aromatic rings. The van der Waals surface area contributed by atoms with Crippen molar-refractivity contribution >= 4 is 29.2 Å². The van der Waals surface area contributed by atoms with Crippen LogP contribution in [0, 0.1) is 0 Å². The van der Waals surface area contributed by atoms with Crippen molar-refractivity contribution in [2.45, 2.75) is 40.0 Å². The van der Waals surface area contributed by atoms with Gasteiger partial charge in [-0.3, -0.25) is 0 Å². The Morgan fingerprint density at radius 1 is 1.21 bits per heavy atom. The quantitative estimate of drug-likeness (QED) is 0.497. The molecule has 0 aromatic carbocycles. The fourth-order valence-corrected chi connectivity index (χ4v) is 33.9. The van der Waals surface area contributed by atoms with Gasteiger partial charge in [0.1, 0.15) is 0 Å². The molecule has 0 fully saturated rings. The maximum absolute atomic E-state index is 5.44. The van der Waals surface area contributed by atoms with Crippen molar-refractivity contribution < 1.29 is 4.74 Å². The molecule has 0 aromatic heterocycles. The van der Waals surface area contributed by atoms with Crippen LogP contribution in [-0.2, 0) is 4.74 Å². The molecule has 0 saturated heterocycles. The van der Waals surface area contributed by atoms with Crippen LogP contribution in [-0.4, -0.2) is 42.5 Å². The zero-order valence-electron chi connectivity index (χ0n) is 10.9. The predicted molar refractivity (Wildman–Crippen MR) is 71.3 cm³/mol. The van der Waals surface area contributed by atoms with Crippen molar-refractivity contribution in [2.75, 3.05) is 13.2 Å². The number of hydrogen-bond donors (Lipinski definition) is 0. The van der Waals surface area contributed by atoms with E-state index < -0.39 is 29.2 Å². The first-order valence-electron chi connectivity index (χ1n) is 5.48. The van der Waals surface area contributed by atoms with Crippen molar-refractivity contribution in [3.05, 3.63) is 8.83 Å². The fraction of sp³-hybridized carbons (Fsp3) is 0.818. The second kappa shape index (κ2) is 5.80. The minimum atomic E-state index is -1.98. The zero-order valence-corrected chi connectivity index (χ0v) is 15.8. The standard InChI is InChI=1S/C8H17OSi.3CH3.Pb/c1-5-9-7-6-8-10(2,3)4;;;;/h6H,5,7H2,1-4H3;3*1H3;. The average Bonchev–Trinajstić information content (AvgIpc) is 1.92. The summed E-state index contributed by atoms with van der Waals surface area (Å²) in [5.74, 6) is 0. The van der Waals surface area contributed by atoms with Gasteiger partial charge in [0.2, 0.25) is 0 Å². The SMILES string of the molecule is CCOC/C=[C](\[Si](C)(C)C)[Pb]([CH3])([CH3])[CH3]. The normalized spacial score (nSPS) is 14.6. The first kappa shape index (κ1) is 14.8. The molecule has 0 unspecified atom stereocenters. The fourth-order valence-electron chi connectivity index (χ4n) is 2.00. The van der Waals surface area contributed by atoms with Gasteiger partial charge in [0.05, 0.1) is 0 Å². The molecule has 0 N–H and O–H groups in total. The predicted octanol–water partition coefficient (Wildman–Crippen LogP) is 3.70. The van der Waals surface area contributed by atoms with Crippen LogP contribution in [0.5, 0.6) is 0 Å². The van der Waals surface area contributed by atoms with Gasteiger partial charge in [0.25, 0.3) is 0 Å². The number of ether oxygens (including phenoxy) is 1. The van der Waals surface area contributed by atoms with E-state index in [1.165, 1.54) is 0 Å². The van der Waals surface area contributed by atoms with Gasteiger partial charge in [-0.2, -0.15) is 0 Å². The minimum absolute atomic E-state index is 0.827. The van der Waals surface area contributed by atoms with Crippen molar-refractivity contribution in [1.29, 1.82) is 0 Å². The molecule has 14 heavy (non-hydrogen) atoms. The molecule has 0 spiro atoms. The van der Waals surface area contributed by atoms with E-state index in [1.54, 1.807) is 0 Å². The van der Waals surface area contributed by atoms with Crippen LogP contribution in [0.4, 0.5) is 0 Å². The molecule has 0 bridgehead atoms. The molecule has 3 heteroatoms. The van der Waals surface area contributed by atoms with Gasteiger partial charge in [-0.05, 0) is 0 Å². The molecular weight excluding hydrogens is 383 g/mol. The summed E-state index contributed by atoms with van der Waals surface area (Å²) in [6.45, 7) is 11.1. The van der Waals surface area contributed by atoms with Crippen LogP contribution in [0.15, 0.2) is 8.83 Å². The molecule has 0 aliphatic carbocycles. The second-order valence-corrected chi connectivity index (χ2v) is 32.3. The Hall–Kier alpha value is 0.839. The van der Waals surface area contributed by atoms with E-state index in [2.05, 4.69) is 46.1 Å². The molecule has 84 valence electrons. The van der Waals surface area contributed by atoms with Crippen molar-refractivity contribution in [3.63, 3.8) is 0 Å². The van der Waals surface area contributed by atoms with E-state index in [4.69, 9.17) is 4.74 Å². The molecule has 0 aliphatic rings. The first-order valence-corrected chi connectivity index (χ1v) is 22.6. The Bertz CT molecular complexity index is 182. The van der Waals surface area contributed by atoms with Crippen molar-refractivity contribution in [2.24, 2.45) is 0 Å². The molecule has 0 rings (SSSR count). The molecule has 0 heterocycles. The molecule has 0 radical (unpaired) electrons. The Kier molecular flexibility index (Phi) is 6.14. The van der Waals surface area contributed by atoms with Crippen LogP contribution >= 0.6 is 0 Å². The first-order chi connectivity index (χ1) is 6.19. The van der Waals surface area contributed by atoms with E-state index in [1.807, 2.05) is 2.76 Å². The summed E-state index contributed by atoms with van der Waals surface area (Å²) in [6, 6.07) is 0. The van der Waals surface area contributed by atoms with E-state index in [0.717, 1.165) is 13.2 Å². The van der Waals surface area contributed by atoms with Gasteiger partial charge in [0, 0.05) is 0 Å². The molecular formula is C11H26OPbSi. The van der Waals surface area contributed by atoms with Crippen LogP contribution in [0.2, 0.25) is 33.1 Å². The van der Waals surface area contributed by atoms with E-state index in [9.17, 15) is 0 Å². The summed E-state index contributed by atoms with van der Waals surface area (Å²) in [6.07, 6.45) is 2.40. The number of rotatable bonds is 5. The summed E-state index contributed by atoms with van der Waals surface area (Å²) in [7, 11) is -1.09. The van der Waals surface area contributed by atoms with Crippen LogP contribution in [0.25, 0.3) is 0 Å². The average molecular weight is 410 g/mol. The van der Waals surface area contributed by atoms with Gasteiger partial charge < -0.3 is 0 Å². The summed E-state index contributed by atoms with van der Waals surface area (Å²) in [5.41, 5.74) is 0. The topological polar surface area (TPSA) is 9.23 Å². The van der Waals surface area contributed by atoms with E-state index in [-0.39, 0.29) is 0 Å². The molecule has 0 amide bonds. The Morgan fingerprint density at radius 3 is 2.00 bits per heavy atom.